The molecule has 4 nitrogen and oxygen atoms in total. The van der Waals surface area contributed by atoms with Gasteiger partial charge in [-0.25, -0.2) is 0 Å². The molecule has 0 radical (unpaired) electrons. The van der Waals surface area contributed by atoms with Gasteiger partial charge in [0.25, 0.3) is 0 Å². The summed E-state index contributed by atoms with van der Waals surface area (Å²) in [5, 5.41) is 11.5. The zero-order valence-electron chi connectivity index (χ0n) is 9.35. The van der Waals surface area contributed by atoms with Gasteiger partial charge in [0, 0.05) is 13.1 Å². The molecule has 0 aromatic carbocycles. The van der Waals surface area contributed by atoms with Gasteiger partial charge in [-0.3, -0.25) is 4.79 Å². The normalized spacial score (nSPS) is 12.0. The Morgan fingerprint density at radius 2 is 1.93 bits per heavy atom. The number of hydrogen-bond donors (Lipinski definition) is 2. The van der Waals surface area contributed by atoms with Crippen LogP contribution in [0.1, 0.15) is 27.7 Å². The van der Waals surface area contributed by atoms with Gasteiger partial charge in [-0.15, -0.1) is 0 Å². The van der Waals surface area contributed by atoms with Crippen LogP contribution >= 0.6 is 0 Å². The number of amides is 1. The fourth-order valence-electron chi connectivity index (χ4n) is 0.673. The Morgan fingerprint density at radius 3 is 2.29 bits per heavy atom. The number of nitrogens with one attached hydrogen (secondary N) is 1. The monoisotopic (exact) mass is 197 g/mol. The van der Waals surface area contributed by atoms with Gasteiger partial charge in [-0.1, -0.05) is 0 Å². The van der Waals surface area contributed by atoms with Crippen LogP contribution in [0.15, 0.2) is 0 Å². The third kappa shape index (κ3) is 3.75. The van der Waals surface area contributed by atoms with Gasteiger partial charge < -0.3 is 11.1 Å². The second-order valence-corrected chi connectivity index (χ2v) is 4.77. The predicted molar refractivity (Wildman–Crippen MR) is 55.2 cm³/mol. The lowest BCUT2D eigenvalue weighted by atomic mass is 9.91. The Balaban J connectivity index is 4.19. The maximum Gasteiger partial charge on any atom is 0.226 e. The number of carbonyl (C=O) groups is 1. The van der Waals surface area contributed by atoms with Crippen LogP contribution in [0.5, 0.6) is 0 Å². The van der Waals surface area contributed by atoms with E-state index >= 15 is 0 Å². The molecule has 1 amide bonds. The molecule has 0 aliphatic rings. The highest BCUT2D eigenvalue weighted by atomic mass is 16.2. The minimum atomic E-state index is -0.564. The second kappa shape index (κ2) is 4.43. The zero-order chi connectivity index (χ0) is 11.4. The third-order valence-corrected chi connectivity index (χ3v) is 2.12. The van der Waals surface area contributed by atoms with E-state index in [0.29, 0.717) is 13.1 Å². The van der Waals surface area contributed by atoms with Gasteiger partial charge in [0.1, 0.15) is 0 Å². The minimum absolute atomic E-state index is 0.108. The fourth-order valence-corrected chi connectivity index (χ4v) is 0.673. The Bertz CT molecular complexity index is 251. The van der Waals surface area contributed by atoms with Crippen molar-refractivity contribution in [2.45, 2.75) is 27.7 Å². The van der Waals surface area contributed by atoms with Gasteiger partial charge >= 0.3 is 0 Å². The molecule has 0 atom stereocenters. The maximum atomic E-state index is 11.6. The number of nitrogens with zero attached hydrogens (tertiary/aromatic N) is 1. The number of hydrogen-bond acceptors (Lipinski definition) is 3. The SMILES string of the molecule is CC(C)(C#N)CNC(=O)C(C)(C)CN. The van der Waals surface area contributed by atoms with E-state index in [1.165, 1.54) is 0 Å². The minimum Gasteiger partial charge on any atom is -0.354 e. The molecule has 0 aromatic rings. The number of nitrogens with two attached hydrogens (primary N) is 1. The molecule has 80 valence electrons. The van der Waals surface area contributed by atoms with Crippen LogP contribution < -0.4 is 11.1 Å². The van der Waals surface area contributed by atoms with Crippen LogP contribution in [-0.2, 0) is 4.79 Å². The summed E-state index contributed by atoms with van der Waals surface area (Å²) in [4.78, 5) is 11.6. The fraction of sp³-hybridized carbons (Fsp3) is 0.800. The lowest BCUT2D eigenvalue weighted by Crippen LogP contribution is -2.44. The molecule has 4 heteroatoms. The summed E-state index contributed by atoms with van der Waals surface area (Å²) in [6.07, 6.45) is 0. The van der Waals surface area contributed by atoms with Crippen molar-refractivity contribution in [2.75, 3.05) is 13.1 Å². The summed E-state index contributed by atoms with van der Waals surface area (Å²) in [6.45, 7) is 7.77. The molecule has 0 aliphatic carbocycles. The number of nitriles is 1. The number of rotatable bonds is 4. The molecule has 0 bridgehead atoms. The van der Waals surface area contributed by atoms with Crippen LogP contribution in [0.4, 0.5) is 0 Å². The molecule has 0 aliphatic heterocycles. The van der Waals surface area contributed by atoms with E-state index in [9.17, 15) is 4.79 Å². The van der Waals surface area contributed by atoms with Crippen LogP contribution in [0.3, 0.4) is 0 Å². The van der Waals surface area contributed by atoms with Gasteiger partial charge in [-0.05, 0) is 27.7 Å². The van der Waals surface area contributed by atoms with Gasteiger partial charge in [0.05, 0.1) is 16.9 Å². The quantitative estimate of drug-likeness (QED) is 0.694. The first-order valence-corrected chi connectivity index (χ1v) is 4.65. The molecule has 14 heavy (non-hydrogen) atoms. The molecular weight excluding hydrogens is 178 g/mol. The topological polar surface area (TPSA) is 78.9 Å². The van der Waals surface area contributed by atoms with Crippen molar-refractivity contribution in [1.29, 1.82) is 5.26 Å². The summed E-state index contributed by atoms with van der Waals surface area (Å²) >= 11 is 0. The van der Waals surface area contributed by atoms with Crippen LogP contribution in [0, 0.1) is 22.2 Å². The Hall–Kier alpha value is -1.08. The standard InChI is InChI=1S/C10H19N3O/c1-9(2,5-11)7-13-8(14)10(3,4)6-12/h6-7,12H2,1-4H3,(H,13,14). The Morgan fingerprint density at radius 1 is 1.43 bits per heavy atom. The highest BCUT2D eigenvalue weighted by Crippen LogP contribution is 2.15. The van der Waals surface area contributed by atoms with Crippen molar-refractivity contribution in [1.82, 2.24) is 5.32 Å². The van der Waals surface area contributed by atoms with Crippen LogP contribution in [-0.4, -0.2) is 19.0 Å². The van der Waals surface area contributed by atoms with E-state index in [1.807, 2.05) is 0 Å². The van der Waals surface area contributed by atoms with Crippen molar-refractivity contribution in [3.63, 3.8) is 0 Å². The average molecular weight is 197 g/mol. The molecule has 0 spiro atoms. The van der Waals surface area contributed by atoms with Crippen molar-refractivity contribution in [3.8, 4) is 6.07 Å². The molecule has 0 heterocycles. The van der Waals surface area contributed by atoms with Gasteiger partial charge in [0.15, 0.2) is 0 Å². The smallest absolute Gasteiger partial charge is 0.226 e. The predicted octanol–water partition coefficient (Wildman–Crippen LogP) is 0.637. The molecule has 0 rings (SSSR count). The Labute approximate surface area is 85.5 Å². The lowest BCUT2D eigenvalue weighted by molar-refractivity contribution is -0.129. The molecule has 0 fully saturated rings. The molecule has 0 saturated heterocycles. The van der Waals surface area contributed by atoms with Crippen molar-refractivity contribution in [3.05, 3.63) is 0 Å². The van der Waals surface area contributed by atoms with E-state index in [2.05, 4.69) is 11.4 Å². The summed E-state index contributed by atoms with van der Waals surface area (Å²) in [6, 6.07) is 2.12. The first-order valence-electron chi connectivity index (χ1n) is 4.65. The average Bonchev–Trinajstić information content (AvgIpc) is 2.14. The summed E-state index contributed by atoms with van der Waals surface area (Å²) in [5.74, 6) is -0.108. The van der Waals surface area contributed by atoms with Gasteiger partial charge in [-0.2, -0.15) is 5.26 Å². The van der Waals surface area contributed by atoms with E-state index < -0.39 is 10.8 Å². The molecule has 0 saturated carbocycles. The number of carbonyl (C=O) groups excluding carboxylic acids is 1. The molecule has 0 aromatic heterocycles. The lowest BCUT2D eigenvalue weighted by Gasteiger charge is -2.24. The molecular formula is C10H19N3O. The first-order chi connectivity index (χ1) is 6.25. The maximum absolute atomic E-state index is 11.6. The third-order valence-electron chi connectivity index (χ3n) is 2.12. The first kappa shape index (κ1) is 12.9. The second-order valence-electron chi connectivity index (χ2n) is 4.77. The summed E-state index contributed by atoms with van der Waals surface area (Å²) in [5.41, 5.74) is 4.36. The van der Waals surface area contributed by atoms with Crippen LogP contribution in [0.25, 0.3) is 0 Å². The van der Waals surface area contributed by atoms with Gasteiger partial charge in [0.2, 0.25) is 5.91 Å². The van der Waals surface area contributed by atoms with E-state index in [0.717, 1.165) is 0 Å². The molecule has 0 unspecified atom stereocenters. The van der Waals surface area contributed by atoms with Crippen molar-refractivity contribution < 1.29 is 4.79 Å². The highest BCUT2D eigenvalue weighted by molar-refractivity contribution is 5.82. The van der Waals surface area contributed by atoms with Crippen molar-refractivity contribution >= 4 is 5.91 Å². The van der Waals surface area contributed by atoms with E-state index in [4.69, 9.17) is 11.0 Å². The molecule has 3 N–H and O–H groups in total. The zero-order valence-corrected chi connectivity index (χ0v) is 9.35. The Kier molecular flexibility index (Phi) is 4.08. The summed E-state index contributed by atoms with van der Waals surface area (Å²) < 4.78 is 0. The summed E-state index contributed by atoms with van der Waals surface area (Å²) in [7, 11) is 0. The van der Waals surface area contributed by atoms with E-state index in [-0.39, 0.29) is 5.91 Å². The van der Waals surface area contributed by atoms with Crippen LogP contribution in [0.2, 0.25) is 0 Å². The largest absolute Gasteiger partial charge is 0.354 e. The van der Waals surface area contributed by atoms with Crippen molar-refractivity contribution in [2.24, 2.45) is 16.6 Å². The highest BCUT2D eigenvalue weighted by Gasteiger charge is 2.27. The van der Waals surface area contributed by atoms with E-state index in [1.54, 1.807) is 27.7 Å².